The van der Waals surface area contributed by atoms with Gasteiger partial charge in [0.2, 0.25) is 0 Å². The summed E-state index contributed by atoms with van der Waals surface area (Å²) >= 11 is 0. The first kappa shape index (κ1) is 12.5. The predicted molar refractivity (Wildman–Crippen MR) is 62.9 cm³/mol. The Morgan fingerprint density at radius 1 is 1.56 bits per heavy atom. The van der Waals surface area contributed by atoms with Crippen LogP contribution in [0.1, 0.15) is 12.5 Å². The molecule has 1 unspecified atom stereocenters. The Balaban J connectivity index is 2.47. The summed E-state index contributed by atoms with van der Waals surface area (Å²) in [5.41, 5.74) is 0.585. The molecule has 86 valence electrons. The van der Waals surface area contributed by atoms with E-state index in [1.165, 1.54) is 6.07 Å². The minimum Gasteiger partial charge on any atom is -0.489 e. The van der Waals surface area contributed by atoms with Gasteiger partial charge in [-0.2, -0.15) is 0 Å². The summed E-state index contributed by atoms with van der Waals surface area (Å²) < 4.78 is 18.6. The van der Waals surface area contributed by atoms with Crippen LogP contribution in [-0.4, -0.2) is 19.2 Å². The van der Waals surface area contributed by atoms with E-state index in [4.69, 9.17) is 11.2 Å². The number of terminal acetylenes is 1. The van der Waals surface area contributed by atoms with Gasteiger partial charge in [-0.1, -0.05) is 5.92 Å². The lowest BCUT2D eigenvalue weighted by atomic mass is 10.2. The van der Waals surface area contributed by atoms with Crippen LogP contribution < -0.4 is 10.1 Å². The Labute approximate surface area is 95.8 Å². The van der Waals surface area contributed by atoms with Gasteiger partial charge in [0.25, 0.3) is 0 Å². The molecular formula is C13H16FNO. The van der Waals surface area contributed by atoms with E-state index in [1.54, 1.807) is 19.1 Å². The fourth-order valence-corrected chi connectivity index (χ4v) is 1.31. The molecule has 1 N–H and O–H groups in total. The van der Waals surface area contributed by atoms with Crippen LogP contribution in [0.25, 0.3) is 0 Å². The van der Waals surface area contributed by atoms with Crippen LogP contribution in [0.2, 0.25) is 0 Å². The van der Waals surface area contributed by atoms with Crippen molar-refractivity contribution in [3.63, 3.8) is 0 Å². The van der Waals surface area contributed by atoms with Crippen molar-refractivity contribution in [3.8, 4) is 18.1 Å². The third kappa shape index (κ3) is 3.92. The Hall–Kier alpha value is -1.53. The van der Waals surface area contributed by atoms with Crippen LogP contribution in [0.15, 0.2) is 18.2 Å². The lowest BCUT2D eigenvalue weighted by Crippen LogP contribution is -2.29. The second kappa shape index (κ2) is 6.14. The van der Waals surface area contributed by atoms with Crippen LogP contribution >= 0.6 is 0 Å². The monoisotopic (exact) mass is 221 g/mol. The van der Waals surface area contributed by atoms with Crippen LogP contribution in [0.3, 0.4) is 0 Å². The van der Waals surface area contributed by atoms with E-state index >= 15 is 0 Å². The van der Waals surface area contributed by atoms with Crippen molar-refractivity contribution in [2.45, 2.75) is 20.0 Å². The van der Waals surface area contributed by atoms with E-state index in [9.17, 15) is 4.39 Å². The summed E-state index contributed by atoms with van der Waals surface area (Å²) in [5, 5.41) is 3.05. The highest BCUT2D eigenvalue weighted by molar-refractivity contribution is 5.28. The molecule has 0 bridgehead atoms. The molecular weight excluding hydrogens is 205 g/mol. The Bertz CT molecular complexity index is 384. The van der Waals surface area contributed by atoms with Crippen molar-refractivity contribution >= 4 is 0 Å². The highest BCUT2D eigenvalue weighted by atomic mass is 19.1. The first-order valence-corrected chi connectivity index (χ1v) is 5.20. The van der Waals surface area contributed by atoms with Gasteiger partial charge in [-0.15, -0.1) is 6.42 Å². The summed E-state index contributed by atoms with van der Waals surface area (Å²) in [4.78, 5) is 0. The third-order valence-electron chi connectivity index (χ3n) is 2.13. The lowest BCUT2D eigenvalue weighted by Gasteiger charge is -2.15. The van der Waals surface area contributed by atoms with E-state index < -0.39 is 0 Å². The molecule has 0 heterocycles. The van der Waals surface area contributed by atoms with E-state index in [0.29, 0.717) is 24.4 Å². The molecule has 0 aliphatic carbocycles. The minimum absolute atomic E-state index is 0.00166. The first-order valence-electron chi connectivity index (χ1n) is 5.20. The number of ether oxygens (including phenoxy) is 1. The normalized spacial score (nSPS) is 11.9. The zero-order valence-corrected chi connectivity index (χ0v) is 9.59. The van der Waals surface area contributed by atoms with Gasteiger partial charge in [0, 0.05) is 6.54 Å². The lowest BCUT2D eigenvalue weighted by molar-refractivity contribution is 0.219. The molecule has 1 aromatic carbocycles. The molecule has 0 aliphatic rings. The van der Waals surface area contributed by atoms with Gasteiger partial charge in [0.05, 0.1) is 6.54 Å². The molecule has 0 aliphatic heterocycles. The molecule has 1 aromatic rings. The second-order valence-electron chi connectivity index (χ2n) is 3.67. The van der Waals surface area contributed by atoms with Gasteiger partial charge in [-0.05, 0) is 37.6 Å². The van der Waals surface area contributed by atoms with Gasteiger partial charge in [-0.3, -0.25) is 0 Å². The quantitative estimate of drug-likeness (QED) is 0.607. The molecule has 0 radical (unpaired) electrons. The van der Waals surface area contributed by atoms with Crippen LogP contribution in [0, 0.1) is 25.1 Å². The number of nitrogens with one attached hydrogen (secondary N) is 1. The van der Waals surface area contributed by atoms with Crippen molar-refractivity contribution in [3.05, 3.63) is 29.6 Å². The van der Waals surface area contributed by atoms with Gasteiger partial charge in [-0.25, -0.2) is 4.39 Å². The van der Waals surface area contributed by atoms with Crippen molar-refractivity contribution in [2.75, 3.05) is 13.1 Å². The van der Waals surface area contributed by atoms with Crippen LogP contribution in [0.5, 0.6) is 5.75 Å². The molecule has 0 aromatic heterocycles. The van der Waals surface area contributed by atoms with Gasteiger partial charge < -0.3 is 10.1 Å². The zero-order chi connectivity index (χ0) is 12.0. The summed E-state index contributed by atoms with van der Waals surface area (Å²) in [5.74, 6) is 2.94. The average Bonchev–Trinajstić information content (AvgIpc) is 2.24. The van der Waals surface area contributed by atoms with Gasteiger partial charge in [0.1, 0.15) is 17.7 Å². The molecule has 0 saturated carbocycles. The third-order valence-corrected chi connectivity index (χ3v) is 2.13. The number of hydrogen-bond donors (Lipinski definition) is 1. The highest BCUT2D eigenvalue weighted by Gasteiger charge is 2.04. The number of benzene rings is 1. The van der Waals surface area contributed by atoms with E-state index in [-0.39, 0.29) is 11.9 Å². The summed E-state index contributed by atoms with van der Waals surface area (Å²) in [6.07, 6.45) is 5.11. The highest BCUT2D eigenvalue weighted by Crippen LogP contribution is 2.16. The van der Waals surface area contributed by atoms with E-state index in [0.717, 1.165) is 0 Å². The first-order chi connectivity index (χ1) is 7.63. The largest absolute Gasteiger partial charge is 0.489 e. The Morgan fingerprint density at radius 2 is 2.31 bits per heavy atom. The summed E-state index contributed by atoms with van der Waals surface area (Å²) in [7, 11) is 0. The maximum atomic E-state index is 13.0. The Kier molecular flexibility index (Phi) is 4.81. The maximum absolute atomic E-state index is 13.0. The standard InChI is InChI=1S/C13H16FNO/c1-4-7-15-9-11(3)16-12-5-6-13(14)10(2)8-12/h1,5-6,8,11,15H,7,9H2,2-3H3. The number of halogens is 1. The van der Waals surface area contributed by atoms with E-state index in [2.05, 4.69) is 11.2 Å². The maximum Gasteiger partial charge on any atom is 0.126 e. The average molecular weight is 221 g/mol. The molecule has 16 heavy (non-hydrogen) atoms. The molecule has 0 amide bonds. The SMILES string of the molecule is C#CCNCC(C)Oc1ccc(F)c(C)c1. The van der Waals surface area contributed by atoms with Crippen molar-refractivity contribution in [1.29, 1.82) is 0 Å². The zero-order valence-electron chi connectivity index (χ0n) is 9.59. The van der Waals surface area contributed by atoms with Crippen molar-refractivity contribution < 1.29 is 9.13 Å². The summed E-state index contributed by atoms with van der Waals surface area (Å²) in [6.45, 7) is 4.84. The minimum atomic E-state index is -0.217. The smallest absolute Gasteiger partial charge is 0.126 e. The predicted octanol–water partition coefficient (Wildman–Crippen LogP) is 2.12. The fourth-order valence-electron chi connectivity index (χ4n) is 1.31. The van der Waals surface area contributed by atoms with Crippen molar-refractivity contribution in [2.24, 2.45) is 0 Å². The second-order valence-corrected chi connectivity index (χ2v) is 3.67. The fraction of sp³-hybridized carbons (Fsp3) is 0.385. The topological polar surface area (TPSA) is 21.3 Å². The molecule has 0 fully saturated rings. The molecule has 0 spiro atoms. The number of rotatable bonds is 5. The van der Waals surface area contributed by atoms with Crippen LogP contribution in [-0.2, 0) is 0 Å². The van der Waals surface area contributed by atoms with Gasteiger partial charge in [0.15, 0.2) is 0 Å². The summed E-state index contributed by atoms with van der Waals surface area (Å²) in [6, 6.07) is 4.72. The molecule has 3 heteroatoms. The Morgan fingerprint density at radius 3 is 2.94 bits per heavy atom. The van der Waals surface area contributed by atoms with Gasteiger partial charge >= 0.3 is 0 Å². The molecule has 0 saturated heterocycles. The number of hydrogen-bond acceptors (Lipinski definition) is 2. The number of aryl methyl sites for hydroxylation is 1. The molecule has 2 nitrogen and oxygen atoms in total. The molecule has 1 atom stereocenters. The molecule has 1 rings (SSSR count). The van der Waals surface area contributed by atoms with Crippen LogP contribution in [0.4, 0.5) is 4.39 Å². The van der Waals surface area contributed by atoms with Crippen molar-refractivity contribution in [1.82, 2.24) is 5.32 Å². The van der Waals surface area contributed by atoms with E-state index in [1.807, 2.05) is 6.92 Å².